The van der Waals surface area contributed by atoms with Gasteiger partial charge in [-0.2, -0.15) is 0 Å². The number of rotatable bonds is 4. The van der Waals surface area contributed by atoms with Crippen molar-refractivity contribution in [1.29, 1.82) is 0 Å². The largest absolute Gasteiger partial charge is 0.393 e. The molecule has 11 heavy (non-hydrogen) atoms. The first-order chi connectivity index (χ1) is 4.88. The average molecular weight is 183 g/mol. The summed E-state index contributed by atoms with van der Waals surface area (Å²) in [7, 11) is -4.21. The fraction of sp³-hybridized carbons (Fsp3) is 1.00. The van der Waals surface area contributed by atoms with E-state index in [1.54, 1.807) is 6.92 Å². The van der Waals surface area contributed by atoms with Crippen LogP contribution in [0.15, 0.2) is 0 Å². The van der Waals surface area contributed by atoms with E-state index in [-0.39, 0.29) is 6.42 Å². The van der Waals surface area contributed by atoms with E-state index in [1.165, 1.54) is 0 Å². The van der Waals surface area contributed by atoms with Crippen LogP contribution >= 0.6 is 7.60 Å². The lowest BCUT2D eigenvalue weighted by Crippen LogP contribution is -2.25. The number of aliphatic hydroxyl groups is 1. The van der Waals surface area contributed by atoms with Gasteiger partial charge in [-0.05, 0) is 12.8 Å². The summed E-state index contributed by atoms with van der Waals surface area (Å²) in [6.07, 6.45) is -0.327. The second kappa shape index (κ2) is 4.18. The minimum absolute atomic E-state index is 0.0548. The number of aliphatic hydroxyl groups excluding tert-OH is 1. The van der Waals surface area contributed by atoms with Crippen molar-refractivity contribution < 1.29 is 19.5 Å². The Hall–Kier alpha value is 0.0700. The fourth-order valence-electron chi connectivity index (χ4n) is 0.583. The molecule has 0 fully saturated rings. The molecule has 0 aliphatic carbocycles. The van der Waals surface area contributed by atoms with Gasteiger partial charge in [0.2, 0.25) is 0 Å². The maximum absolute atomic E-state index is 10.4. The van der Waals surface area contributed by atoms with Crippen molar-refractivity contribution in [2.75, 3.05) is 0 Å². The van der Waals surface area contributed by atoms with Gasteiger partial charge in [0.25, 0.3) is 0 Å². The highest BCUT2D eigenvalue weighted by molar-refractivity contribution is 7.52. The SMILES string of the molecule is CCC(O)C[C@@H](N)P(=O)(O)O. The van der Waals surface area contributed by atoms with E-state index < -0.39 is 19.5 Å². The Morgan fingerprint density at radius 2 is 2.00 bits per heavy atom. The van der Waals surface area contributed by atoms with Gasteiger partial charge in [0.15, 0.2) is 0 Å². The molecule has 0 aromatic rings. The van der Waals surface area contributed by atoms with Crippen molar-refractivity contribution in [3.05, 3.63) is 0 Å². The van der Waals surface area contributed by atoms with Gasteiger partial charge in [-0.15, -0.1) is 0 Å². The third-order valence-corrected chi connectivity index (χ3v) is 2.49. The molecule has 5 nitrogen and oxygen atoms in total. The quantitative estimate of drug-likeness (QED) is 0.444. The minimum atomic E-state index is -4.21. The smallest absolute Gasteiger partial charge is 0.342 e. The van der Waals surface area contributed by atoms with E-state index in [4.69, 9.17) is 20.6 Å². The highest BCUT2D eigenvalue weighted by Gasteiger charge is 2.26. The maximum Gasteiger partial charge on any atom is 0.342 e. The van der Waals surface area contributed by atoms with Crippen LogP contribution in [-0.2, 0) is 4.57 Å². The van der Waals surface area contributed by atoms with Crippen LogP contribution in [0.3, 0.4) is 0 Å². The molecule has 0 aliphatic rings. The summed E-state index contributed by atoms with van der Waals surface area (Å²) in [6, 6.07) is 0. The molecule has 0 bridgehead atoms. The van der Waals surface area contributed by atoms with E-state index in [2.05, 4.69) is 0 Å². The van der Waals surface area contributed by atoms with E-state index in [9.17, 15) is 4.57 Å². The number of hydrogen-bond acceptors (Lipinski definition) is 3. The second-order valence-electron chi connectivity index (χ2n) is 2.45. The van der Waals surface area contributed by atoms with E-state index in [1.807, 2.05) is 0 Å². The van der Waals surface area contributed by atoms with Gasteiger partial charge < -0.3 is 20.6 Å². The van der Waals surface area contributed by atoms with E-state index in [0.29, 0.717) is 6.42 Å². The molecule has 0 saturated carbocycles. The van der Waals surface area contributed by atoms with Gasteiger partial charge in [0.05, 0.1) is 6.10 Å². The van der Waals surface area contributed by atoms with Crippen LogP contribution in [0.2, 0.25) is 0 Å². The molecule has 0 saturated heterocycles. The van der Waals surface area contributed by atoms with Crippen molar-refractivity contribution in [2.24, 2.45) is 5.73 Å². The van der Waals surface area contributed by atoms with Crippen LogP contribution in [0.5, 0.6) is 0 Å². The zero-order valence-electron chi connectivity index (χ0n) is 6.34. The zero-order chi connectivity index (χ0) is 9.07. The second-order valence-corrected chi connectivity index (χ2v) is 4.30. The summed E-state index contributed by atoms with van der Waals surface area (Å²) in [5, 5.41) is 8.97. The normalized spacial score (nSPS) is 17.9. The maximum atomic E-state index is 10.4. The van der Waals surface area contributed by atoms with Crippen LogP contribution in [0.4, 0.5) is 0 Å². The first-order valence-corrected chi connectivity index (χ1v) is 5.05. The molecule has 5 N–H and O–H groups in total. The predicted molar refractivity (Wildman–Crippen MR) is 40.9 cm³/mol. The summed E-state index contributed by atoms with van der Waals surface area (Å²) in [5.74, 6) is -1.24. The van der Waals surface area contributed by atoms with Gasteiger partial charge in [0.1, 0.15) is 5.78 Å². The number of nitrogens with two attached hydrogens (primary N) is 1. The summed E-state index contributed by atoms with van der Waals surface area (Å²) in [5.41, 5.74) is 5.10. The summed E-state index contributed by atoms with van der Waals surface area (Å²) in [4.78, 5) is 17.0. The monoisotopic (exact) mass is 183 g/mol. The summed E-state index contributed by atoms with van der Waals surface area (Å²) in [6.45, 7) is 1.72. The topological polar surface area (TPSA) is 104 Å². The molecule has 0 spiro atoms. The third-order valence-electron chi connectivity index (χ3n) is 1.42. The standard InChI is InChI=1S/C5H14NO4P/c1-2-4(7)3-5(6)11(8,9)10/h4-5,7H,2-3,6H2,1H3,(H2,8,9,10)/t4?,5-/m0/s1. The van der Waals surface area contributed by atoms with Gasteiger partial charge >= 0.3 is 7.60 Å². The van der Waals surface area contributed by atoms with E-state index >= 15 is 0 Å². The van der Waals surface area contributed by atoms with Crippen LogP contribution in [0.25, 0.3) is 0 Å². The zero-order valence-corrected chi connectivity index (χ0v) is 7.24. The Morgan fingerprint density at radius 1 is 1.55 bits per heavy atom. The van der Waals surface area contributed by atoms with Crippen LogP contribution < -0.4 is 5.73 Å². The molecule has 0 rings (SSSR count). The molecule has 0 aromatic carbocycles. The molecule has 0 radical (unpaired) electrons. The Kier molecular flexibility index (Phi) is 4.21. The molecule has 0 aliphatic heterocycles. The first-order valence-electron chi connectivity index (χ1n) is 3.36. The Balaban J connectivity index is 3.88. The summed E-state index contributed by atoms with van der Waals surface area (Å²) >= 11 is 0. The molecule has 68 valence electrons. The van der Waals surface area contributed by atoms with Gasteiger partial charge in [-0.3, -0.25) is 4.57 Å². The lowest BCUT2D eigenvalue weighted by atomic mass is 10.2. The molecule has 2 atom stereocenters. The lowest BCUT2D eigenvalue weighted by molar-refractivity contribution is 0.155. The third kappa shape index (κ3) is 4.50. The molecular formula is C5H14NO4P. The highest BCUT2D eigenvalue weighted by atomic mass is 31.2. The minimum Gasteiger partial charge on any atom is -0.393 e. The average Bonchev–Trinajstić information content (AvgIpc) is 1.85. The van der Waals surface area contributed by atoms with Crippen molar-refractivity contribution in [3.8, 4) is 0 Å². The fourth-order valence-corrected chi connectivity index (χ4v) is 1.10. The molecular weight excluding hydrogens is 169 g/mol. The molecule has 0 aromatic heterocycles. The predicted octanol–water partition coefficient (Wildman–Crippen LogP) is -0.390. The molecule has 6 heteroatoms. The Bertz CT molecular complexity index is 157. The van der Waals surface area contributed by atoms with Gasteiger partial charge in [-0.25, -0.2) is 0 Å². The highest BCUT2D eigenvalue weighted by Crippen LogP contribution is 2.40. The lowest BCUT2D eigenvalue weighted by Gasteiger charge is -2.15. The van der Waals surface area contributed by atoms with Crippen LogP contribution in [0, 0.1) is 0 Å². The van der Waals surface area contributed by atoms with Crippen LogP contribution in [-0.4, -0.2) is 26.8 Å². The van der Waals surface area contributed by atoms with Crippen molar-refractivity contribution in [2.45, 2.75) is 31.7 Å². The Labute approximate surface area is 65.4 Å². The molecule has 0 heterocycles. The Morgan fingerprint density at radius 3 is 2.27 bits per heavy atom. The van der Waals surface area contributed by atoms with Crippen molar-refractivity contribution in [3.63, 3.8) is 0 Å². The molecule has 1 unspecified atom stereocenters. The van der Waals surface area contributed by atoms with Gasteiger partial charge in [-0.1, -0.05) is 6.92 Å². The molecule has 0 amide bonds. The number of hydrogen-bond donors (Lipinski definition) is 4. The van der Waals surface area contributed by atoms with E-state index in [0.717, 1.165) is 0 Å². The van der Waals surface area contributed by atoms with Crippen LogP contribution in [0.1, 0.15) is 19.8 Å². The summed E-state index contributed by atoms with van der Waals surface area (Å²) < 4.78 is 10.4. The first kappa shape index (κ1) is 11.1. The van der Waals surface area contributed by atoms with Gasteiger partial charge in [0, 0.05) is 0 Å². The van der Waals surface area contributed by atoms with Crippen molar-refractivity contribution in [1.82, 2.24) is 0 Å². The van der Waals surface area contributed by atoms with Crippen molar-refractivity contribution >= 4 is 7.60 Å².